The highest BCUT2D eigenvalue weighted by atomic mass is 79.9. The smallest absolute Gasteiger partial charge is 0.104 e. The molecular formula is C18H19BrO. The molecule has 1 aliphatic carbocycles. The lowest BCUT2D eigenvalue weighted by Gasteiger charge is -2.20. The van der Waals surface area contributed by atoms with Crippen LogP contribution in [-0.4, -0.2) is 5.11 Å². The van der Waals surface area contributed by atoms with Gasteiger partial charge in [-0.25, -0.2) is 0 Å². The first kappa shape index (κ1) is 13.8. The molecule has 1 nitrogen and oxygen atoms in total. The highest BCUT2D eigenvalue weighted by Gasteiger charge is 2.17. The standard InChI is InChI=1S/C18H19BrO/c1-12-16(7-4-8-17(12)19)18(20)15-10-9-13-5-2-3-6-14(13)11-15/h4,7-11,18,20H,2-3,5-6H2,1H3. The Labute approximate surface area is 128 Å². The molecule has 0 saturated carbocycles. The van der Waals surface area contributed by atoms with Gasteiger partial charge in [0.1, 0.15) is 6.10 Å². The lowest BCUT2D eigenvalue weighted by Crippen LogP contribution is -2.07. The maximum atomic E-state index is 10.7. The summed E-state index contributed by atoms with van der Waals surface area (Å²) in [6.45, 7) is 2.04. The average molecular weight is 331 g/mol. The van der Waals surface area contributed by atoms with Crippen LogP contribution in [0, 0.1) is 6.92 Å². The topological polar surface area (TPSA) is 20.2 Å². The van der Waals surface area contributed by atoms with Crippen molar-refractivity contribution in [3.8, 4) is 0 Å². The van der Waals surface area contributed by atoms with E-state index in [2.05, 4.69) is 34.1 Å². The molecule has 3 rings (SSSR count). The Hall–Kier alpha value is -1.12. The van der Waals surface area contributed by atoms with E-state index in [1.165, 1.54) is 30.4 Å². The minimum Gasteiger partial charge on any atom is -0.384 e. The van der Waals surface area contributed by atoms with Crippen molar-refractivity contribution in [2.75, 3.05) is 0 Å². The summed E-state index contributed by atoms with van der Waals surface area (Å²) in [6, 6.07) is 12.5. The Morgan fingerprint density at radius 1 is 1.05 bits per heavy atom. The van der Waals surface area contributed by atoms with E-state index in [0.29, 0.717) is 0 Å². The van der Waals surface area contributed by atoms with Crippen molar-refractivity contribution in [2.45, 2.75) is 38.7 Å². The van der Waals surface area contributed by atoms with Crippen molar-refractivity contribution < 1.29 is 5.11 Å². The van der Waals surface area contributed by atoms with Crippen molar-refractivity contribution in [3.05, 3.63) is 68.7 Å². The fourth-order valence-corrected chi connectivity index (χ4v) is 3.40. The second-order valence-corrected chi connectivity index (χ2v) is 6.45. The van der Waals surface area contributed by atoms with E-state index < -0.39 is 6.10 Å². The highest BCUT2D eigenvalue weighted by molar-refractivity contribution is 9.10. The second kappa shape index (κ2) is 5.71. The molecular weight excluding hydrogens is 312 g/mol. The molecule has 1 aliphatic rings. The van der Waals surface area contributed by atoms with E-state index in [9.17, 15) is 5.11 Å². The summed E-state index contributed by atoms with van der Waals surface area (Å²) in [5.41, 5.74) is 5.97. The number of hydrogen-bond donors (Lipinski definition) is 1. The first-order chi connectivity index (χ1) is 9.66. The van der Waals surface area contributed by atoms with Crippen LogP contribution in [0.4, 0.5) is 0 Å². The first-order valence-electron chi connectivity index (χ1n) is 7.21. The Balaban J connectivity index is 1.98. The number of fused-ring (bicyclic) bond motifs is 1. The van der Waals surface area contributed by atoms with Crippen LogP contribution in [0.3, 0.4) is 0 Å². The molecule has 0 amide bonds. The van der Waals surface area contributed by atoms with Crippen LogP contribution in [-0.2, 0) is 12.8 Å². The summed E-state index contributed by atoms with van der Waals surface area (Å²) in [5, 5.41) is 10.7. The summed E-state index contributed by atoms with van der Waals surface area (Å²) in [6.07, 6.45) is 4.34. The molecule has 1 atom stereocenters. The molecule has 2 aromatic rings. The van der Waals surface area contributed by atoms with Gasteiger partial charge in [-0.2, -0.15) is 0 Å². The third kappa shape index (κ3) is 2.55. The van der Waals surface area contributed by atoms with Crippen LogP contribution in [0.1, 0.15) is 46.8 Å². The van der Waals surface area contributed by atoms with Crippen LogP contribution in [0.5, 0.6) is 0 Å². The molecule has 20 heavy (non-hydrogen) atoms. The highest BCUT2D eigenvalue weighted by Crippen LogP contribution is 2.31. The van der Waals surface area contributed by atoms with Gasteiger partial charge in [0.2, 0.25) is 0 Å². The van der Waals surface area contributed by atoms with Crippen molar-refractivity contribution in [3.63, 3.8) is 0 Å². The van der Waals surface area contributed by atoms with Crippen LogP contribution in [0.25, 0.3) is 0 Å². The molecule has 0 bridgehead atoms. The van der Waals surface area contributed by atoms with Crippen molar-refractivity contribution in [2.24, 2.45) is 0 Å². The van der Waals surface area contributed by atoms with E-state index in [-0.39, 0.29) is 0 Å². The minimum absolute atomic E-state index is 0.542. The van der Waals surface area contributed by atoms with E-state index in [0.717, 1.165) is 27.6 Å². The van der Waals surface area contributed by atoms with Gasteiger partial charge in [0, 0.05) is 4.47 Å². The zero-order valence-electron chi connectivity index (χ0n) is 11.7. The van der Waals surface area contributed by atoms with Crippen molar-refractivity contribution >= 4 is 15.9 Å². The fourth-order valence-electron chi connectivity index (χ4n) is 3.02. The van der Waals surface area contributed by atoms with E-state index >= 15 is 0 Å². The SMILES string of the molecule is Cc1c(Br)cccc1C(O)c1ccc2c(c1)CCCC2. The molecule has 2 heteroatoms. The molecule has 0 spiro atoms. The number of aliphatic hydroxyl groups excluding tert-OH is 1. The Bertz CT molecular complexity index is 633. The van der Waals surface area contributed by atoms with Crippen LogP contribution in [0.2, 0.25) is 0 Å². The summed E-state index contributed by atoms with van der Waals surface area (Å²) in [5.74, 6) is 0. The van der Waals surface area contributed by atoms with E-state index in [4.69, 9.17) is 0 Å². The lowest BCUT2D eigenvalue weighted by atomic mass is 9.88. The third-order valence-electron chi connectivity index (χ3n) is 4.29. The molecule has 0 radical (unpaired) electrons. The van der Waals surface area contributed by atoms with Crippen LogP contribution < -0.4 is 0 Å². The largest absolute Gasteiger partial charge is 0.384 e. The summed E-state index contributed by atoms with van der Waals surface area (Å²) in [4.78, 5) is 0. The van der Waals surface area contributed by atoms with Crippen molar-refractivity contribution in [1.82, 2.24) is 0 Å². The number of benzene rings is 2. The van der Waals surface area contributed by atoms with Gasteiger partial charge in [-0.3, -0.25) is 0 Å². The normalized spacial score (nSPS) is 15.8. The predicted octanol–water partition coefficient (Wildman–Crippen LogP) is 4.72. The van der Waals surface area contributed by atoms with Gasteiger partial charge in [-0.15, -0.1) is 0 Å². The van der Waals surface area contributed by atoms with Gasteiger partial charge in [0.05, 0.1) is 0 Å². The lowest BCUT2D eigenvalue weighted by molar-refractivity contribution is 0.219. The molecule has 1 unspecified atom stereocenters. The molecule has 0 fully saturated rings. The number of aryl methyl sites for hydroxylation is 2. The van der Waals surface area contributed by atoms with E-state index in [1.54, 1.807) is 0 Å². The van der Waals surface area contributed by atoms with Gasteiger partial charge < -0.3 is 5.11 Å². The minimum atomic E-state index is -0.542. The Kier molecular flexibility index (Phi) is 3.95. The van der Waals surface area contributed by atoms with Crippen molar-refractivity contribution in [1.29, 1.82) is 0 Å². The fraction of sp³-hybridized carbons (Fsp3) is 0.333. The first-order valence-corrected chi connectivity index (χ1v) is 8.01. The molecule has 0 saturated heterocycles. The summed E-state index contributed by atoms with van der Waals surface area (Å²) < 4.78 is 1.05. The summed E-state index contributed by atoms with van der Waals surface area (Å²) in [7, 11) is 0. The van der Waals surface area contributed by atoms with Gasteiger partial charge >= 0.3 is 0 Å². The van der Waals surface area contributed by atoms with Gasteiger partial charge in [0.15, 0.2) is 0 Å². The molecule has 0 heterocycles. The molecule has 0 aliphatic heterocycles. The number of halogens is 1. The van der Waals surface area contributed by atoms with Gasteiger partial charge in [0.25, 0.3) is 0 Å². The second-order valence-electron chi connectivity index (χ2n) is 5.59. The zero-order chi connectivity index (χ0) is 14.1. The quantitative estimate of drug-likeness (QED) is 0.844. The van der Waals surface area contributed by atoms with Gasteiger partial charge in [-0.1, -0.05) is 46.3 Å². The zero-order valence-corrected chi connectivity index (χ0v) is 13.3. The molecule has 0 aromatic heterocycles. The predicted molar refractivity (Wildman–Crippen MR) is 86.0 cm³/mol. The monoisotopic (exact) mass is 330 g/mol. The Morgan fingerprint density at radius 3 is 2.60 bits per heavy atom. The molecule has 1 N–H and O–H groups in total. The number of rotatable bonds is 2. The van der Waals surface area contributed by atoms with E-state index in [1.807, 2.05) is 25.1 Å². The number of aliphatic hydroxyl groups is 1. The maximum absolute atomic E-state index is 10.7. The Morgan fingerprint density at radius 2 is 1.80 bits per heavy atom. The van der Waals surface area contributed by atoms with Crippen LogP contribution >= 0.6 is 15.9 Å². The van der Waals surface area contributed by atoms with Gasteiger partial charge in [-0.05, 0) is 66.5 Å². The third-order valence-corrected chi connectivity index (χ3v) is 5.15. The van der Waals surface area contributed by atoms with Crippen LogP contribution in [0.15, 0.2) is 40.9 Å². The average Bonchev–Trinajstić information content (AvgIpc) is 2.49. The number of hydrogen-bond acceptors (Lipinski definition) is 1. The molecule has 2 aromatic carbocycles. The maximum Gasteiger partial charge on any atom is 0.104 e. The molecule has 104 valence electrons. The summed E-state index contributed by atoms with van der Waals surface area (Å²) >= 11 is 3.54.